The van der Waals surface area contributed by atoms with Gasteiger partial charge >= 0.3 is 0 Å². The van der Waals surface area contributed by atoms with Crippen molar-refractivity contribution < 1.29 is 8.42 Å². The lowest BCUT2D eigenvalue weighted by Crippen LogP contribution is -2.39. The Labute approximate surface area is 129 Å². The van der Waals surface area contributed by atoms with Crippen LogP contribution in [0.15, 0.2) is 27.8 Å². The fourth-order valence-electron chi connectivity index (χ4n) is 1.47. The highest BCUT2D eigenvalue weighted by atomic mass is 79.9. The summed E-state index contributed by atoms with van der Waals surface area (Å²) in [7, 11) is -1.97. The molecule has 1 aromatic rings. The lowest BCUT2D eigenvalue weighted by Gasteiger charge is -2.28. The Morgan fingerprint density at radius 1 is 1.42 bits per heavy atom. The van der Waals surface area contributed by atoms with Gasteiger partial charge in [-0.1, -0.05) is 13.8 Å². The first-order chi connectivity index (χ1) is 8.19. The Kier molecular flexibility index (Phi) is 6.91. The van der Waals surface area contributed by atoms with Crippen molar-refractivity contribution in [2.75, 3.05) is 20.1 Å². The molecule has 0 aliphatic carbocycles. The number of rotatable bonds is 5. The second-order valence-corrected chi connectivity index (χ2v) is 7.93. The van der Waals surface area contributed by atoms with Crippen LogP contribution in [0.2, 0.25) is 0 Å². The zero-order valence-corrected chi connectivity index (χ0v) is 14.3. The molecule has 2 N–H and O–H groups in total. The van der Waals surface area contributed by atoms with E-state index in [1.807, 2.05) is 13.8 Å². The van der Waals surface area contributed by atoms with E-state index in [2.05, 4.69) is 20.9 Å². The van der Waals surface area contributed by atoms with E-state index in [0.29, 0.717) is 17.6 Å². The zero-order valence-electron chi connectivity index (χ0n) is 11.1. The van der Waals surface area contributed by atoms with Gasteiger partial charge in [0.25, 0.3) is 0 Å². The molecule has 1 rings (SSSR count). The lowest BCUT2D eigenvalue weighted by atomic mass is 9.94. The Bertz CT molecular complexity index is 522. The molecule has 0 radical (unpaired) electrons. The van der Waals surface area contributed by atoms with Crippen molar-refractivity contribution in [1.29, 1.82) is 0 Å². The first-order valence-corrected chi connectivity index (χ1v) is 7.69. The van der Waals surface area contributed by atoms with E-state index in [1.165, 1.54) is 16.6 Å². The summed E-state index contributed by atoms with van der Waals surface area (Å²) in [5.74, 6) is 0. The average Bonchev–Trinajstić information content (AvgIpc) is 2.28. The van der Waals surface area contributed by atoms with E-state index in [9.17, 15) is 8.42 Å². The zero-order chi connectivity index (χ0) is 14.0. The molecule has 0 amide bonds. The van der Waals surface area contributed by atoms with Crippen LogP contribution < -0.4 is 5.73 Å². The molecule has 0 bridgehead atoms. The molecule has 0 aromatic carbocycles. The molecule has 5 nitrogen and oxygen atoms in total. The van der Waals surface area contributed by atoms with Crippen molar-refractivity contribution >= 4 is 38.4 Å². The van der Waals surface area contributed by atoms with Gasteiger partial charge in [-0.3, -0.25) is 4.98 Å². The summed E-state index contributed by atoms with van der Waals surface area (Å²) in [6.45, 7) is 4.64. The van der Waals surface area contributed by atoms with E-state index >= 15 is 0 Å². The van der Waals surface area contributed by atoms with Crippen LogP contribution in [-0.4, -0.2) is 37.8 Å². The SMILES string of the molecule is CN(CC(C)(C)CN)S(=O)(=O)c1cncc(Br)c1.Cl. The standard InChI is InChI=1S/C11H18BrN3O2S.ClH/c1-11(2,7-13)8-15(3)18(16,17)10-4-9(12)5-14-6-10;/h4-6H,7-8,13H2,1-3H3;1H. The van der Waals surface area contributed by atoms with Gasteiger partial charge in [-0.05, 0) is 34.0 Å². The van der Waals surface area contributed by atoms with Gasteiger partial charge in [0.05, 0.1) is 0 Å². The summed E-state index contributed by atoms with van der Waals surface area (Å²) in [6.07, 6.45) is 2.88. The van der Waals surface area contributed by atoms with Crippen molar-refractivity contribution in [3.63, 3.8) is 0 Å². The number of halogens is 2. The van der Waals surface area contributed by atoms with E-state index in [0.717, 1.165) is 0 Å². The molecule has 0 saturated heterocycles. The van der Waals surface area contributed by atoms with Crippen molar-refractivity contribution in [2.45, 2.75) is 18.7 Å². The number of aromatic nitrogens is 1. The highest BCUT2D eigenvalue weighted by Crippen LogP contribution is 2.21. The maximum Gasteiger partial charge on any atom is 0.244 e. The maximum atomic E-state index is 12.3. The summed E-state index contributed by atoms with van der Waals surface area (Å²) in [4.78, 5) is 4.05. The highest BCUT2D eigenvalue weighted by Gasteiger charge is 2.27. The van der Waals surface area contributed by atoms with Crippen LogP contribution in [0.1, 0.15) is 13.8 Å². The van der Waals surface area contributed by atoms with Crippen LogP contribution in [0.5, 0.6) is 0 Å². The first-order valence-electron chi connectivity index (χ1n) is 5.46. The third-order valence-electron chi connectivity index (χ3n) is 2.59. The summed E-state index contributed by atoms with van der Waals surface area (Å²) in [5.41, 5.74) is 5.36. The van der Waals surface area contributed by atoms with Gasteiger partial charge in [0.15, 0.2) is 0 Å². The molecule has 110 valence electrons. The quantitative estimate of drug-likeness (QED) is 0.856. The molecule has 0 unspecified atom stereocenters. The molecule has 1 heterocycles. The van der Waals surface area contributed by atoms with Crippen LogP contribution in [0, 0.1) is 5.41 Å². The number of hydrogen-bond acceptors (Lipinski definition) is 4. The lowest BCUT2D eigenvalue weighted by molar-refractivity contribution is 0.292. The smallest absolute Gasteiger partial charge is 0.244 e. The highest BCUT2D eigenvalue weighted by molar-refractivity contribution is 9.10. The summed E-state index contributed by atoms with van der Waals surface area (Å²) in [6, 6.07) is 1.54. The van der Waals surface area contributed by atoms with E-state index < -0.39 is 10.0 Å². The van der Waals surface area contributed by atoms with E-state index in [1.54, 1.807) is 13.2 Å². The largest absolute Gasteiger partial charge is 0.330 e. The van der Waals surface area contributed by atoms with Gasteiger partial charge in [-0.25, -0.2) is 12.7 Å². The third-order valence-corrected chi connectivity index (χ3v) is 4.79. The minimum Gasteiger partial charge on any atom is -0.330 e. The molecule has 0 aliphatic rings. The molecule has 0 atom stereocenters. The topological polar surface area (TPSA) is 76.3 Å². The molecule has 0 aliphatic heterocycles. The monoisotopic (exact) mass is 371 g/mol. The number of nitrogens with zero attached hydrogens (tertiary/aromatic N) is 2. The second-order valence-electron chi connectivity index (χ2n) is 4.97. The summed E-state index contributed by atoms with van der Waals surface area (Å²) < 4.78 is 26.5. The maximum absolute atomic E-state index is 12.3. The molecule has 0 spiro atoms. The Morgan fingerprint density at radius 2 is 2.00 bits per heavy atom. The van der Waals surface area contributed by atoms with Crippen molar-refractivity contribution in [2.24, 2.45) is 11.1 Å². The van der Waals surface area contributed by atoms with Gasteiger partial charge < -0.3 is 5.73 Å². The third kappa shape index (κ3) is 5.00. The Balaban J connectivity index is 0.00000324. The minimum atomic E-state index is -3.52. The van der Waals surface area contributed by atoms with Gasteiger partial charge in [0.2, 0.25) is 10.0 Å². The van der Waals surface area contributed by atoms with E-state index in [4.69, 9.17) is 5.73 Å². The molecular weight excluding hydrogens is 354 g/mol. The van der Waals surface area contributed by atoms with Gasteiger partial charge in [0, 0.05) is 30.5 Å². The molecule has 0 fully saturated rings. The number of hydrogen-bond donors (Lipinski definition) is 1. The summed E-state index contributed by atoms with van der Waals surface area (Å²) >= 11 is 3.21. The first kappa shape index (κ1) is 18.8. The molecule has 0 saturated carbocycles. The van der Waals surface area contributed by atoms with Gasteiger partial charge in [-0.15, -0.1) is 12.4 Å². The van der Waals surface area contributed by atoms with Crippen LogP contribution in [-0.2, 0) is 10.0 Å². The predicted molar refractivity (Wildman–Crippen MR) is 81.8 cm³/mol. The predicted octanol–water partition coefficient (Wildman–Crippen LogP) is 1.87. The Morgan fingerprint density at radius 3 is 2.47 bits per heavy atom. The van der Waals surface area contributed by atoms with Crippen molar-refractivity contribution in [3.05, 3.63) is 22.9 Å². The van der Waals surface area contributed by atoms with Crippen LogP contribution in [0.25, 0.3) is 0 Å². The fourth-order valence-corrected chi connectivity index (χ4v) is 3.33. The average molecular weight is 373 g/mol. The number of sulfonamides is 1. The van der Waals surface area contributed by atoms with Crippen molar-refractivity contribution in [3.8, 4) is 0 Å². The van der Waals surface area contributed by atoms with Gasteiger partial charge in [-0.2, -0.15) is 0 Å². The Hall–Kier alpha value is -0.210. The molecule has 1 aromatic heterocycles. The minimum absolute atomic E-state index is 0. The van der Waals surface area contributed by atoms with Crippen LogP contribution in [0.3, 0.4) is 0 Å². The van der Waals surface area contributed by atoms with Crippen LogP contribution in [0.4, 0.5) is 0 Å². The molecular formula is C11H19BrClN3O2S. The second kappa shape index (κ2) is 6.99. The number of pyridine rings is 1. The normalized spacial score (nSPS) is 12.3. The molecule has 8 heteroatoms. The van der Waals surface area contributed by atoms with E-state index in [-0.39, 0.29) is 22.7 Å². The molecule has 19 heavy (non-hydrogen) atoms. The summed E-state index contributed by atoms with van der Waals surface area (Å²) in [5, 5.41) is 0. The number of nitrogens with two attached hydrogens (primary N) is 1. The fraction of sp³-hybridized carbons (Fsp3) is 0.545. The van der Waals surface area contributed by atoms with Gasteiger partial charge in [0.1, 0.15) is 4.90 Å². The van der Waals surface area contributed by atoms with Crippen LogP contribution >= 0.6 is 28.3 Å². The van der Waals surface area contributed by atoms with Crippen molar-refractivity contribution in [1.82, 2.24) is 9.29 Å².